The van der Waals surface area contributed by atoms with Crippen LogP contribution in [0.2, 0.25) is 0 Å². The van der Waals surface area contributed by atoms with Gasteiger partial charge in [0.05, 0.1) is 19.3 Å². The minimum atomic E-state index is 0.597. The first-order valence-corrected chi connectivity index (χ1v) is 9.64. The topological polar surface area (TPSA) is 45.6 Å². The SMILES string of the molecule is c1cnn(C2CCN(CC3CCNCC3N3CCOCC3)CC2)c1. The highest BCUT2D eigenvalue weighted by Crippen LogP contribution is 2.25. The molecule has 2 unspecified atom stereocenters. The zero-order chi connectivity index (χ0) is 16.2. The van der Waals surface area contributed by atoms with Gasteiger partial charge in [-0.3, -0.25) is 9.58 Å². The lowest BCUT2D eigenvalue weighted by Gasteiger charge is -2.44. The summed E-state index contributed by atoms with van der Waals surface area (Å²) >= 11 is 0. The van der Waals surface area contributed by atoms with Crippen molar-refractivity contribution in [1.29, 1.82) is 0 Å². The van der Waals surface area contributed by atoms with Gasteiger partial charge in [-0.15, -0.1) is 0 Å². The smallest absolute Gasteiger partial charge is 0.0594 e. The van der Waals surface area contributed by atoms with Gasteiger partial charge in [0.15, 0.2) is 0 Å². The van der Waals surface area contributed by atoms with Crippen LogP contribution >= 0.6 is 0 Å². The number of rotatable bonds is 4. The summed E-state index contributed by atoms with van der Waals surface area (Å²) in [6.07, 6.45) is 7.78. The maximum Gasteiger partial charge on any atom is 0.0594 e. The molecule has 4 heterocycles. The number of morpholine rings is 1. The monoisotopic (exact) mass is 333 g/mol. The molecule has 0 saturated carbocycles. The second-order valence-electron chi connectivity index (χ2n) is 7.49. The maximum atomic E-state index is 5.54. The Morgan fingerprint density at radius 1 is 1.08 bits per heavy atom. The predicted octanol–water partition coefficient (Wildman–Crippen LogP) is 0.830. The van der Waals surface area contributed by atoms with E-state index in [2.05, 4.69) is 31.1 Å². The molecular weight excluding hydrogens is 302 g/mol. The Hall–Kier alpha value is -0.950. The third kappa shape index (κ3) is 3.82. The maximum absolute atomic E-state index is 5.54. The highest BCUT2D eigenvalue weighted by molar-refractivity contribution is 4.90. The predicted molar refractivity (Wildman–Crippen MR) is 94.1 cm³/mol. The molecule has 2 atom stereocenters. The van der Waals surface area contributed by atoms with Gasteiger partial charge in [-0.2, -0.15) is 5.10 Å². The van der Waals surface area contributed by atoms with E-state index in [4.69, 9.17) is 4.74 Å². The summed E-state index contributed by atoms with van der Waals surface area (Å²) in [6.45, 7) is 10.0. The van der Waals surface area contributed by atoms with Crippen LogP contribution in [0.3, 0.4) is 0 Å². The first kappa shape index (κ1) is 16.5. The van der Waals surface area contributed by atoms with E-state index < -0.39 is 0 Å². The van der Waals surface area contributed by atoms with Gasteiger partial charge in [-0.1, -0.05) is 0 Å². The summed E-state index contributed by atoms with van der Waals surface area (Å²) in [4.78, 5) is 5.36. The number of aromatic nitrogens is 2. The van der Waals surface area contributed by atoms with Gasteiger partial charge in [0.2, 0.25) is 0 Å². The standard InChI is InChI=1S/C18H31N5O/c1-5-20-23(7-1)17-3-8-21(9-4-17)15-16-2-6-19-14-18(16)22-10-12-24-13-11-22/h1,5,7,16-19H,2-4,6,8-15H2. The van der Waals surface area contributed by atoms with E-state index in [9.17, 15) is 0 Å². The van der Waals surface area contributed by atoms with Crippen molar-refractivity contribution >= 4 is 0 Å². The number of piperidine rings is 2. The second-order valence-corrected chi connectivity index (χ2v) is 7.49. The number of likely N-dealkylation sites (tertiary alicyclic amines) is 1. The molecule has 134 valence electrons. The fourth-order valence-corrected chi connectivity index (χ4v) is 4.64. The van der Waals surface area contributed by atoms with Gasteiger partial charge in [0.25, 0.3) is 0 Å². The Morgan fingerprint density at radius 3 is 2.67 bits per heavy atom. The number of hydrogen-bond donors (Lipinski definition) is 1. The Kier molecular flexibility index (Phi) is 5.47. The second kappa shape index (κ2) is 7.95. The summed E-state index contributed by atoms with van der Waals surface area (Å²) in [5, 5.41) is 8.04. The molecule has 3 saturated heterocycles. The van der Waals surface area contributed by atoms with E-state index in [1.165, 1.54) is 45.4 Å². The van der Waals surface area contributed by atoms with Gasteiger partial charge >= 0.3 is 0 Å². The van der Waals surface area contributed by atoms with E-state index in [1.54, 1.807) is 0 Å². The van der Waals surface area contributed by atoms with E-state index in [1.807, 2.05) is 12.3 Å². The Bertz CT molecular complexity index is 480. The van der Waals surface area contributed by atoms with Crippen LogP contribution in [0.1, 0.15) is 25.3 Å². The normalized spacial score (nSPS) is 31.3. The molecule has 0 amide bonds. The fourth-order valence-electron chi connectivity index (χ4n) is 4.64. The van der Waals surface area contributed by atoms with Gasteiger partial charge in [-0.05, 0) is 37.8 Å². The third-order valence-electron chi connectivity index (χ3n) is 6.05. The average molecular weight is 333 g/mol. The molecule has 0 spiro atoms. The molecule has 1 aromatic rings. The van der Waals surface area contributed by atoms with E-state index in [-0.39, 0.29) is 0 Å². The molecule has 6 nitrogen and oxygen atoms in total. The van der Waals surface area contributed by atoms with E-state index >= 15 is 0 Å². The molecule has 0 bridgehead atoms. The van der Waals surface area contributed by atoms with Gasteiger partial charge < -0.3 is 15.0 Å². The Morgan fingerprint density at radius 2 is 1.92 bits per heavy atom. The van der Waals surface area contributed by atoms with Crippen LogP contribution in [-0.2, 0) is 4.74 Å². The van der Waals surface area contributed by atoms with Gasteiger partial charge in [0, 0.05) is 57.7 Å². The molecule has 4 rings (SSSR count). The molecule has 0 aliphatic carbocycles. The van der Waals surface area contributed by atoms with Crippen molar-refractivity contribution < 1.29 is 4.74 Å². The highest BCUT2D eigenvalue weighted by Gasteiger charge is 2.33. The largest absolute Gasteiger partial charge is 0.379 e. The Labute approximate surface area is 145 Å². The first-order valence-electron chi connectivity index (χ1n) is 9.64. The van der Waals surface area contributed by atoms with Crippen molar-refractivity contribution in [3.8, 4) is 0 Å². The molecule has 0 aromatic carbocycles. The number of ether oxygens (including phenoxy) is 1. The van der Waals surface area contributed by atoms with Crippen LogP contribution in [0, 0.1) is 5.92 Å². The number of nitrogens with zero attached hydrogens (tertiary/aromatic N) is 4. The fraction of sp³-hybridized carbons (Fsp3) is 0.833. The first-order chi connectivity index (χ1) is 11.9. The minimum Gasteiger partial charge on any atom is -0.379 e. The number of nitrogens with one attached hydrogen (secondary N) is 1. The van der Waals surface area contributed by atoms with Crippen molar-refractivity contribution in [2.45, 2.75) is 31.3 Å². The summed E-state index contributed by atoms with van der Waals surface area (Å²) in [7, 11) is 0. The number of hydrogen-bond acceptors (Lipinski definition) is 5. The third-order valence-corrected chi connectivity index (χ3v) is 6.05. The van der Waals surface area contributed by atoms with Crippen LogP contribution in [-0.4, -0.2) is 84.6 Å². The van der Waals surface area contributed by atoms with Crippen molar-refractivity contribution in [2.24, 2.45) is 5.92 Å². The van der Waals surface area contributed by atoms with Crippen molar-refractivity contribution in [2.75, 3.05) is 59.0 Å². The van der Waals surface area contributed by atoms with Crippen LogP contribution < -0.4 is 5.32 Å². The quantitative estimate of drug-likeness (QED) is 0.884. The van der Waals surface area contributed by atoms with Crippen molar-refractivity contribution in [3.05, 3.63) is 18.5 Å². The molecule has 3 aliphatic rings. The molecule has 3 fully saturated rings. The van der Waals surface area contributed by atoms with Crippen LogP contribution in [0.5, 0.6) is 0 Å². The molecule has 3 aliphatic heterocycles. The lowest BCUT2D eigenvalue weighted by Crippen LogP contribution is -2.57. The minimum absolute atomic E-state index is 0.597. The summed E-state index contributed by atoms with van der Waals surface area (Å²) in [6, 6.07) is 3.32. The lowest BCUT2D eigenvalue weighted by atomic mass is 9.89. The zero-order valence-corrected chi connectivity index (χ0v) is 14.6. The summed E-state index contributed by atoms with van der Waals surface area (Å²) in [5.41, 5.74) is 0. The van der Waals surface area contributed by atoms with E-state index in [0.717, 1.165) is 38.8 Å². The molecule has 1 N–H and O–H groups in total. The van der Waals surface area contributed by atoms with Crippen LogP contribution in [0.4, 0.5) is 0 Å². The van der Waals surface area contributed by atoms with Crippen molar-refractivity contribution in [1.82, 2.24) is 24.9 Å². The van der Waals surface area contributed by atoms with Gasteiger partial charge in [-0.25, -0.2) is 0 Å². The van der Waals surface area contributed by atoms with Crippen LogP contribution in [0.15, 0.2) is 18.5 Å². The summed E-state index contributed by atoms with van der Waals surface area (Å²) < 4.78 is 7.69. The lowest BCUT2D eigenvalue weighted by molar-refractivity contribution is -0.0102. The molecule has 0 radical (unpaired) electrons. The molecule has 24 heavy (non-hydrogen) atoms. The van der Waals surface area contributed by atoms with Crippen LogP contribution in [0.25, 0.3) is 0 Å². The zero-order valence-electron chi connectivity index (χ0n) is 14.6. The van der Waals surface area contributed by atoms with Gasteiger partial charge in [0.1, 0.15) is 0 Å². The Balaban J connectivity index is 1.30. The highest BCUT2D eigenvalue weighted by atomic mass is 16.5. The van der Waals surface area contributed by atoms with E-state index in [0.29, 0.717) is 12.1 Å². The molecule has 6 heteroatoms. The summed E-state index contributed by atoms with van der Waals surface area (Å²) in [5.74, 6) is 0.797. The average Bonchev–Trinajstić information content (AvgIpc) is 3.18. The molecular formula is C18H31N5O. The van der Waals surface area contributed by atoms with Crippen molar-refractivity contribution in [3.63, 3.8) is 0 Å². The molecule has 1 aromatic heterocycles.